The molecule has 3 unspecified atom stereocenters. The van der Waals surface area contributed by atoms with E-state index in [1.165, 1.54) is 0 Å². The molecule has 3 aliphatic rings. The van der Waals surface area contributed by atoms with Gasteiger partial charge in [-0.3, -0.25) is 14.4 Å². The van der Waals surface area contributed by atoms with Gasteiger partial charge in [0.2, 0.25) is 17.7 Å². The molecule has 0 aromatic carbocycles. The Morgan fingerprint density at radius 1 is 1.23 bits per heavy atom. The highest BCUT2D eigenvalue weighted by molar-refractivity contribution is 8.02. The minimum atomic E-state index is -0.529. The van der Waals surface area contributed by atoms with Gasteiger partial charge in [0.15, 0.2) is 0 Å². The van der Waals surface area contributed by atoms with Crippen LogP contribution >= 0.6 is 11.8 Å². The predicted octanol–water partition coefficient (Wildman–Crippen LogP) is 1.93. The van der Waals surface area contributed by atoms with Crippen molar-refractivity contribution in [3.63, 3.8) is 0 Å². The van der Waals surface area contributed by atoms with Gasteiger partial charge in [-0.2, -0.15) is 0 Å². The molecule has 3 fully saturated rings. The maximum absolute atomic E-state index is 13.7. The first kappa shape index (κ1) is 24.4. The highest BCUT2D eigenvalue weighted by Crippen LogP contribution is 2.68. The van der Waals surface area contributed by atoms with Gasteiger partial charge in [0.25, 0.3) is 0 Å². The molecule has 31 heavy (non-hydrogen) atoms. The molecule has 2 bridgehead atoms. The number of hydrogen-bond donors (Lipinski definition) is 3. The number of nitrogens with one attached hydrogen (secondary N) is 2. The van der Waals surface area contributed by atoms with E-state index >= 15 is 0 Å². The number of unbranched alkanes of at least 4 members (excludes halogenated alkanes) is 3. The zero-order valence-corrected chi connectivity index (χ0v) is 20.2. The van der Waals surface area contributed by atoms with Gasteiger partial charge in [-0.05, 0) is 45.4 Å². The largest absolute Gasteiger partial charge is 0.396 e. The van der Waals surface area contributed by atoms with Crippen LogP contribution in [0.25, 0.3) is 0 Å². The Morgan fingerprint density at radius 2 is 1.94 bits per heavy atom. The number of carbonyl (C=O) groups is 3. The van der Waals surface area contributed by atoms with Crippen molar-refractivity contribution in [2.75, 3.05) is 19.7 Å². The molecule has 0 radical (unpaired) electrons. The molecule has 1 spiro atoms. The van der Waals surface area contributed by atoms with Crippen LogP contribution < -0.4 is 10.6 Å². The molecule has 7 nitrogen and oxygen atoms in total. The molecule has 176 valence electrons. The monoisotopic (exact) mass is 453 g/mol. The van der Waals surface area contributed by atoms with E-state index in [2.05, 4.69) is 17.6 Å². The number of nitrogens with zero attached hydrogens (tertiary/aromatic N) is 1. The average molecular weight is 454 g/mol. The number of fused-ring (bicyclic) bond motifs is 1. The van der Waals surface area contributed by atoms with Gasteiger partial charge in [0.1, 0.15) is 6.04 Å². The standard InChI is InChI=1S/C23H39N3O4S/c1-5-10-24-20(28)17-16-13-15(4)23(31-16)18(17)22(30)26(11-8-6-7-9-12-27)19(23)21(29)25-14(2)3/h14-19,27H,5-13H2,1-4H3,(H,24,28)(H,25,29)/t15?,16-,17+,18+,19?,23?/m1/s1. The van der Waals surface area contributed by atoms with Crippen molar-refractivity contribution in [2.45, 2.75) is 88.3 Å². The smallest absolute Gasteiger partial charge is 0.244 e. The van der Waals surface area contributed by atoms with E-state index in [1.807, 2.05) is 20.8 Å². The molecule has 0 saturated carbocycles. The maximum Gasteiger partial charge on any atom is 0.244 e. The molecule has 6 atom stereocenters. The van der Waals surface area contributed by atoms with Gasteiger partial charge >= 0.3 is 0 Å². The molecule has 3 aliphatic heterocycles. The van der Waals surface area contributed by atoms with Crippen LogP contribution in [0.2, 0.25) is 0 Å². The molecule has 0 aromatic rings. The van der Waals surface area contributed by atoms with E-state index in [9.17, 15) is 14.4 Å². The van der Waals surface area contributed by atoms with Gasteiger partial charge in [0.05, 0.1) is 16.6 Å². The van der Waals surface area contributed by atoms with Crippen LogP contribution in [-0.4, -0.2) is 69.5 Å². The highest BCUT2D eigenvalue weighted by atomic mass is 32.2. The molecular weight excluding hydrogens is 414 g/mol. The van der Waals surface area contributed by atoms with Crippen molar-refractivity contribution in [3.05, 3.63) is 0 Å². The first-order chi connectivity index (χ1) is 14.8. The summed E-state index contributed by atoms with van der Waals surface area (Å²) < 4.78 is -0.528. The highest BCUT2D eigenvalue weighted by Gasteiger charge is 2.75. The minimum absolute atomic E-state index is 0.00739. The Labute approximate surface area is 190 Å². The van der Waals surface area contributed by atoms with E-state index in [1.54, 1.807) is 16.7 Å². The second-order valence-corrected chi connectivity index (χ2v) is 11.2. The van der Waals surface area contributed by atoms with E-state index in [-0.39, 0.29) is 47.5 Å². The molecule has 3 saturated heterocycles. The average Bonchev–Trinajstić information content (AvgIpc) is 3.29. The molecule has 0 aliphatic carbocycles. The minimum Gasteiger partial charge on any atom is -0.396 e. The lowest BCUT2D eigenvalue weighted by molar-refractivity contribution is -0.140. The molecule has 8 heteroatoms. The third-order valence-corrected chi connectivity index (χ3v) is 9.16. The summed E-state index contributed by atoms with van der Waals surface area (Å²) in [5.41, 5.74) is 0. The van der Waals surface area contributed by atoms with E-state index in [4.69, 9.17) is 5.11 Å². The lowest BCUT2D eigenvalue weighted by Crippen LogP contribution is -2.57. The lowest BCUT2D eigenvalue weighted by Gasteiger charge is -2.39. The Kier molecular flexibility index (Phi) is 7.95. The summed E-state index contributed by atoms with van der Waals surface area (Å²) >= 11 is 1.73. The molecule has 0 aromatic heterocycles. The van der Waals surface area contributed by atoms with Crippen molar-refractivity contribution >= 4 is 29.5 Å². The van der Waals surface area contributed by atoms with Crippen molar-refractivity contribution in [1.82, 2.24) is 15.5 Å². The molecule has 3 amide bonds. The van der Waals surface area contributed by atoms with Crippen molar-refractivity contribution < 1.29 is 19.5 Å². The van der Waals surface area contributed by atoms with Crippen molar-refractivity contribution in [3.8, 4) is 0 Å². The molecular formula is C23H39N3O4S. The normalized spacial score (nSPS) is 33.8. The Bertz CT molecular complexity index is 688. The maximum atomic E-state index is 13.7. The summed E-state index contributed by atoms with van der Waals surface area (Å²) in [6, 6.07) is -0.536. The fourth-order valence-electron chi connectivity index (χ4n) is 5.84. The van der Waals surface area contributed by atoms with Crippen LogP contribution in [0.5, 0.6) is 0 Å². The summed E-state index contributed by atoms with van der Waals surface area (Å²) in [7, 11) is 0. The summed E-state index contributed by atoms with van der Waals surface area (Å²) in [4.78, 5) is 42.0. The third kappa shape index (κ3) is 4.34. The zero-order valence-electron chi connectivity index (χ0n) is 19.4. The quantitative estimate of drug-likeness (QED) is 0.415. The van der Waals surface area contributed by atoms with Crippen molar-refractivity contribution in [2.24, 2.45) is 17.8 Å². The fraction of sp³-hybridized carbons (Fsp3) is 0.870. The number of hydrogen-bond acceptors (Lipinski definition) is 5. The number of likely N-dealkylation sites (tertiary alicyclic amines) is 1. The van der Waals surface area contributed by atoms with Gasteiger partial charge < -0.3 is 20.6 Å². The Morgan fingerprint density at radius 3 is 2.58 bits per heavy atom. The number of aliphatic hydroxyl groups is 1. The Hall–Kier alpha value is -1.28. The van der Waals surface area contributed by atoms with Gasteiger partial charge in [-0.25, -0.2) is 0 Å². The van der Waals surface area contributed by atoms with Crippen LogP contribution in [-0.2, 0) is 14.4 Å². The van der Waals surface area contributed by atoms with Crippen LogP contribution in [0.15, 0.2) is 0 Å². The SMILES string of the molecule is CCCNC(=O)[C@@H]1[C@H]2C(=O)N(CCCCCCO)C(C(=O)NC(C)C)C23S[C@@H]1CC3C. The number of thioether (sulfide) groups is 1. The summed E-state index contributed by atoms with van der Waals surface area (Å²) in [6.45, 7) is 9.36. The second-order valence-electron chi connectivity index (χ2n) is 9.68. The van der Waals surface area contributed by atoms with Gasteiger partial charge in [-0.1, -0.05) is 26.7 Å². The lowest BCUT2D eigenvalue weighted by atomic mass is 9.66. The summed E-state index contributed by atoms with van der Waals surface area (Å²) in [5.74, 6) is -0.717. The summed E-state index contributed by atoms with van der Waals surface area (Å²) in [5, 5.41) is 15.2. The first-order valence-electron chi connectivity index (χ1n) is 12.0. The topological polar surface area (TPSA) is 98.7 Å². The third-order valence-electron chi connectivity index (χ3n) is 7.08. The number of rotatable bonds is 11. The van der Waals surface area contributed by atoms with Gasteiger partial charge in [0, 0.05) is 31.0 Å². The van der Waals surface area contributed by atoms with Crippen LogP contribution in [0, 0.1) is 17.8 Å². The summed E-state index contributed by atoms with van der Waals surface area (Å²) in [6.07, 6.45) is 5.10. The first-order valence-corrected chi connectivity index (χ1v) is 12.8. The second kappa shape index (κ2) is 10.1. The van der Waals surface area contributed by atoms with Crippen LogP contribution in [0.4, 0.5) is 0 Å². The number of aliphatic hydroxyl groups excluding tert-OH is 1. The predicted molar refractivity (Wildman–Crippen MR) is 123 cm³/mol. The van der Waals surface area contributed by atoms with Crippen molar-refractivity contribution in [1.29, 1.82) is 0 Å². The van der Waals surface area contributed by atoms with E-state index in [0.29, 0.717) is 13.1 Å². The molecule has 3 N–H and O–H groups in total. The van der Waals surface area contributed by atoms with E-state index in [0.717, 1.165) is 38.5 Å². The Balaban J connectivity index is 1.89. The van der Waals surface area contributed by atoms with Crippen LogP contribution in [0.3, 0.4) is 0 Å². The van der Waals surface area contributed by atoms with E-state index < -0.39 is 16.7 Å². The zero-order chi connectivity index (χ0) is 22.8. The molecule has 3 heterocycles. The number of carbonyl (C=O) groups excluding carboxylic acids is 3. The molecule has 3 rings (SSSR count). The van der Waals surface area contributed by atoms with Gasteiger partial charge in [-0.15, -0.1) is 11.8 Å². The fourth-order valence-corrected chi connectivity index (χ4v) is 8.26. The van der Waals surface area contributed by atoms with Crippen LogP contribution in [0.1, 0.15) is 66.2 Å². The number of amides is 3.